The van der Waals surface area contributed by atoms with Crippen LogP contribution in [0.15, 0.2) is 72.8 Å². The Bertz CT molecular complexity index is 1740. The third-order valence-corrected chi connectivity index (χ3v) is 11.7. The molecule has 9 heteroatoms. The molecule has 3 aromatic carbocycles. The first-order valence-electron chi connectivity index (χ1n) is 22.4. The number of ether oxygens (including phenoxy) is 3. The summed E-state index contributed by atoms with van der Waals surface area (Å²) in [7, 11) is 0. The predicted molar refractivity (Wildman–Crippen MR) is 233 cm³/mol. The smallest absolute Gasteiger partial charge is 0.408 e. The first-order valence-corrected chi connectivity index (χ1v) is 22.4. The lowest BCUT2D eigenvalue weighted by Gasteiger charge is -2.30. The number of hydrogen-bond acceptors (Lipinski definition) is 7. The number of amides is 1. The molecule has 1 amide bonds. The fourth-order valence-corrected chi connectivity index (χ4v) is 7.84. The van der Waals surface area contributed by atoms with Crippen molar-refractivity contribution in [1.29, 1.82) is 0 Å². The highest BCUT2D eigenvalue weighted by molar-refractivity contribution is 5.83. The van der Waals surface area contributed by atoms with Crippen molar-refractivity contribution < 1.29 is 38.5 Å². The number of fused-ring (bicyclic) bond motifs is 3. The van der Waals surface area contributed by atoms with E-state index in [0.717, 1.165) is 47.9 Å². The summed E-state index contributed by atoms with van der Waals surface area (Å²) < 4.78 is 16.9. The van der Waals surface area contributed by atoms with Gasteiger partial charge in [0.2, 0.25) is 0 Å². The first-order chi connectivity index (χ1) is 28.6. The molecular weight excluding hydrogens is 743 g/mol. The summed E-state index contributed by atoms with van der Waals surface area (Å²) >= 11 is 0. The largest absolute Gasteiger partial charge is 0.481 e. The molecule has 1 unspecified atom stereocenters. The second kappa shape index (κ2) is 25.7. The Labute approximate surface area is 353 Å². The lowest BCUT2D eigenvalue weighted by atomic mass is 9.83. The summed E-state index contributed by atoms with van der Waals surface area (Å²) in [5.74, 6) is -2.87. The number of unbranched alkanes of at least 4 members (excludes halogenated alkanes) is 14. The lowest BCUT2D eigenvalue weighted by Crippen LogP contribution is -2.48. The first kappa shape index (κ1) is 47.0. The van der Waals surface area contributed by atoms with Crippen LogP contribution in [0.25, 0.3) is 11.1 Å². The van der Waals surface area contributed by atoms with Gasteiger partial charge in [0, 0.05) is 6.42 Å². The Morgan fingerprint density at radius 2 is 1.25 bits per heavy atom. The highest BCUT2D eigenvalue weighted by Gasteiger charge is 2.42. The number of hydrogen-bond donors (Lipinski definition) is 2. The number of carboxylic acid groups (broad SMARTS) is 1. The molecule has 59 heavy (non-hydrogen) atoms. The van der Waals surface area contributed by atoms with Gasteiger partial charge in [-0.1, -0.05) is 183 Å². The number of carbonyl (C=O) groups excluding carboxylic acids is 3. The Kier molecular flexibility index (Phi) is 20.5. The summed E-state index contributed by atoms with van der Waals surface area (Å²) in [6.07, 6.45) is 18.9. The molecule has 0 spiro atoms. The van der Waals surface area contributed by atoms with E-state index < -0.39 is 48.7 Å². The van der Waals surface area contributed by atoms with E-state index in [2.05, 4.69) is 30.4 Å². The van der Waals surface area contributed by atoms with Crippen LogP contribution in [0.1, 0.15) is 152 Å². The van der Waals surface area contributed by atoms with E-state index in [0.29, 0.717) is 12.8 Å². The van der Waals surface area contributed by atoms with E-state index >= 15 is 0 Å². The molecule has 0 saturated carbocycles. The van der Waals surface area contributed by atoms with E-state index in [1.807, 2.05) is 54.6 Å². The van der Waals surface area contributed by atoms with Crippen molar-refractivity contribution in [2.24, 2.45) is 11.3 Å². The summed E-state index contributed by atoms with van der Waals surface area (Å²) in [6, 6.07) is 22.5. The fourth-order valence-electron chi connectivity index (χ4n) is 7.84. The Balaban J connectivity index is 1.23. The highest BCUT2D eigenvalue weighted by Crippen LogP contribution is 2.38. The monoisotopic (exact) mass is 812 g/mol. The van der Waals surface area contributed by atoms with E-state index in [-0.39, 0.29) is 25.4 Å². The minimum absolute atomic E-state index is 0.0231. The van der Waals surface area contributed by atoms with Gasteiger partial charge in [0.05, 0.1) is 0 Å². The average molecular weight is 812 g/mol. The Morgan fingerprint density at radius 1 is 0.678 bits per heavy atom. The molecule has 0 bridgehead atoms. The number of carboxylic acids is 1. The van der Waals surface area contributed by atoms with Crippen molar-refractivity contribution in [1.82, 2.24) is 5.32 Å². The molecule has 2 atom stereocenters. The number of rotatable bonds is 29. The van der Waals surface area contributed by atoms with Crippen molar-refractivity contribution in [2.45, 2.75) is 155 Å². The molecule has 322 valence electrons. The van der Waals surface area contributed by atoms with Crippen molar-refractivity contribution >= 4 is 24.0 Å². The maximum absolute atomic E-state index is 13.5. The second-order valence-electron chi connectivity index (χ2n) is 16.8. The van der Waals surface area contributed by atoms with Gasteiger partial charge in [-0.05, 0) is 65.0 Å². The molecule has 9 nitrogen and oxygen atoms in total. The van der Waals surface area contributed by atoms with Gasteiger partial charge in [0.15, 0.2) is 0 Å². The molecule has 3 aromatic rings. The Hall–Kier alpha value is -4.66. The average Bonchev–Trinajstić information content (AvgIpc) is 3.62. The van der Waals surface area contributed by atoms with Crippen LogP contribution in [-0.2, 0) is 48.0 Å². The van der Waals surface area contributed by atoms with Crippen LogP contribution in [0.5, 0.6) is 0 Å². The quantitative estimate of drug-likeness (QED) is 0.0315. The van der Waals surface area contributed by atoms with Crippen molar-refractivity contribution in [3.63, 3.8) is 0 Å². The van der Waals surface area contributed by atoms with Crippen molar-refractivity contribution in [3.8, 4) is 11.1 Å². The van der Waals surface area contributed by atoms with Crippen LogP contribution >= 0.6 is 0 Å². The van der Waals surface area contributed by atoms with Crippen molar-refractivity contribution in [3.05, 3.63) is 95.1 Å². The van der Waals surface area contributed by atoms with Crippen LogP contribution in [-0.4, -0.2) is 48.4 Å². The Morgan fingerprint density at radius 3 is 1.88 bits per heavy atom. The van der Waals surface area contributed by atoms with Crippen LogP contribution in [0.2, 0.25) is 0 Å². The maximum Gasteiger partial charge on any atom is 0.408 e. The number of carbonyl (C=O) groups is 4. The summed E-state index contributed by atoms with van der Waals surface area (Å²) in [4.78, 5) is 52.4. The van der Waals surface area contributed by atoms with Gasteiger partial charge in [-0.2, -0.15) is 0 Å². The molecule has 0 heterocycles. The van der Waals surface area contributed by atoms with Crippen LogP contribution in [0, 0.1) is 11.3 Å². The number of aryl methyl sites for hydroxylation is 1. The van der Waals surface area contributed by atoms with Gasteiger partial charge in [0.1, 0.15) is 31.3 Å². The van der Waals surface area contributed by atoms with Gasteiger partial charge in [-0.3, -0.25) is 9.59 Å². The van der Waals surface area contributed by atoms with Gasteiger partial charge in [-0.25, -0.2) is 9.59 Å². The van der Waals surface area contributed by atoms with Crippen LogP contribution in [0.3, 0.4) is 0 Å². The maximum atomic E-state index is 13.5. The molecule has 1 aliphatic carbocycles. The summed E-state index contributed by atoms with van der Waals surface area (Å²) in [5, 5.41) is 13.2. The minimum atomic E-state index is -1.69. The van der Waals surface area contributed by atoms with E-state index in [9.17, 15) is 24.3 Å². The van der Waals surface area contributed by atoms with E-state index in [1.54, 1.807) is 13.8 Å². The number of benzene rings is 3. The van der Waals surface area contributed by atoms with Crippen LogP contribution in [0.4, 0.5) is 4.79 Å². The van der Waals surface area contributed by atoms with Gasteiger partial charge < -0.3 is 24.6 Å². The predicted octanol–water partition coefficient (Wildman–Crippen LogP) is 11.6. The second-order valence-corrected chi connectivity index (χ2v) is 16.8. The topological polar surface area (TPSA) is 128 Å². The molecule has 4 rings (SSSR count). The van der Waals surface area contributed by atoms with E-state index in [4.69, 9.17) is 14.2 Å². The highest BCUT2D eigenvalue weighted by atomic mass is 16.6. The van der Waals surface area contributed by atoms with E-state index in [1.165, 1.54) is 81.8 Å². The third kappa shape index (κ3) is 15.8. The molecule has 1 aliphatic rings. The van der Waals surface area contributed by atoms with Crippen molar-refractivity contribution in [2.75, 3.05) is 13.2 Å². The third-order valence-electron chi connectivity index (χ3n) is 11.7. The van der Waals surface area contributed by atoms with Crippen LogP contribution < -0.4 is 5.32 Å². The fraction of sp³-hybridized carbons (Fsp3) is 0.560. The SMILES string of the molecule is CCCCCCCCCCCCCCCCCC(=O)OCC(CCc1ccccc1)(COC(=O)[C@@H](NC(=O)OCc1cccc2c1Cc1ccccc1-2)C(C)C)C(=O)O. The molecule has 0 fully saturated rings. The zero-order chi connectivity index (χ0) is 42.3. The standard InChI is InChI=1S/C50H69NO8/c1-4-5-6-7-8-9-10-11-12-13-14-15-16-17-21-31-45(52)58-36-50(48(54)55,33-32-39-25-19-18-20-26-39)37-59-47(53)46(38(2)3)51-49(56)57-35-41-28-24-30-43-42-29-23-22-27-40(42)34-44(41)43/h18-20,22-30,38,46H,4-17,21,31-37H2,1-3H3,(H,51,56)(H,54,55)/t46-,50?/m0/s1. The number of nitrogens with one attached hydrogen (secondary N) is 1. The zero-order valence-corrected chi connectivity index (χ0v) is 35.9. The summed E-state index contributed by atoms with van der Waals surface area (Å²) in [6.45, 7) is 4.82. The molecule has 0 saturated heterocycles. The van der Waals surface area contributed by atoms with Gasteiger partial charge in [-0.15, -0.1) is 0 Å². The number of esters is 2. The van der Waals surface area contributed by atoms with Gasteiger partial charge >= 0.3 is 24.0 Å². The molecule has 0 aromatic heterocycles. The zero-order valence-electron chi connectivity index (χ0n) is 35.9. The molecule has 2 N–H and O–H groups in total. The normalized spacial score (nSPS) is 13.2. The lowest BCUT2D eigenvalue weighted by molar-refractivity contribution is -0.169. The molecule has 0 aliphatic heterocycles. The summed E-state index contributed by atoms with van der Waals surface area (Å²) in [5.41, 5.74) is 4.73. The minimum Gasteiger partial charge on any atom is -0.481 e. The molecule has 0 radical (unpaired) electrons. The molecular formula is C50H69NO8. The van der Waals surface area contributed by atoms with Gasteiger partial charge in [0.25, 0.3) is 0 Å². The number of aliphatic carboxylic acids is 1. The number of alkyl carbamates (subject to hydrolysis) is 1.